The summed E-state index contributed by atoms with van der Waals surface area (Å²) >= 11 is 0. The first-order valence-corrected chi connectivity index (χ1v) is 8.97. The van der Waals surface area contributed by atoms with E-state index in [-0.39, 0.29) is 18.4 Å². The summed E-state index contributed by atoms with van der Waals surface area (Å²) in [7, 11) is 0. The van der Waals surface area contributed by atoms with Crippen molar-refractivity contribution in [2.45, 2.75) is 47.0 Å². The molecule has 140 valence electrons. The van der Waals surface area contributed by atoms with Gasteiger partial charge in [-0.05, 0) is 45.2 Å². The Hall–Kier alpha value is -2.63. The van der Waals surface area contributed by atoms with Crippen molar-refractivity contribution in [1.82, 2.24) is 10.1 Å². The Morgan fingerprint density at radius 2 is 1.92 bits per heavy atom. The summed E-state index contributed by atoms with van der Waals surface area (Å²) in [6, 6.07) is 7.60. The van der Waals surface area contributed by atoms with Crippen LogP contribution in [0.4, 0.5) is 5.69 Å². The van der Waals surface area contributed by atoms with E-state index in [0.29, 0.717) is 19.4 Å². The largest absolute Gasteiger partial charge is 0.361 e. The first-order valence-electron chi connectivity index (χ1n) is 8.97. The highest BCUT2D eigenvalue weighted by Crippen LogP contribution is 2.16. The number of aromatic nitrogens is 1. The maximum atomic E-state index is 12.6. The zero-order valence-corrected chi connectivity index (χ0v) is 16.0. The lowest BCUT2D eigenvalue weighted by Gasteiger charge is -2.22. The van der Waals surface area contributed by atoms with Crippen LogP contribution in [0, 0.1) is 20.8 Å². The van der Waals surface area contributed by atoms with Gasteiger partial charge in [0.2, 0.25) is 11.8 Å². The third-order valence-corrected chi connectivity index (χ3v) is 4.37. The first kappa shape index (κ1) is 19.7. The third kappa shape index (κ3) is 5.18. The Kier molecular flexibility index (Phi) is 6.95. The molecule has 2 amide bonds. The zero-order valence-electron chi connectivity index (χ0n) is 16.0. The highest BCUT2D eigenvalue weighted by atomic mass is 16.5. The molecule has 6 heteroatoms. The van der Waals surface area contributed by atoms with E-state index in [2.05, 4.69) is 10.5 Å². The summed E-state index contributed by atoms with van der Waals surface area (Å²) in [4.78, 5) is 26.6. The van der Waals surface area contributed by atoms with Crippen LogP contribution in [0.2, 0.25) is 0 Å². The molecule has 1 N–H and O–H groups in total. The molecule has 0 saturated carbocycles. The van der Waals surface area contributed by atoms with Gasteiger partial charge in [-0.15, -0.1) is 0 Å². The first-order chi connectivity index (χ1) is 12.4. The predicted octanol–water partition coefficient (Wildman–Crippen LogP) is 3.41. The molecule has 1 heterocycles. The molecule has 0 aliphatic rings. The van der Waals surface area contributed by atoms with Gasteiger partial charge in [-0.25, -0.2) is 0 Å². The van der Waals surface area contributed by atoms with Crippen LogP contribution < -0.4 is 5.32 Å². The quantitative estimate of drug-likeness (QED) is 0.785. The molecule has 0 unspecified atom stereocenters. The van der Waals surface area contributed by atoms with Gasteiger partial charge in [0.1, 0.15) is 5.76 Å². The van der Waals surface area contributed by atoms with Crippen LogP contribution in [0.3, 0.4) is 0 Å². The van der Waals surface area contributed by atoms with Crippen molar-refractivity contribution in [1.29, 1.82) is 0 Å². The number of nitrogens with one attached hydrogen (secondary N) is 1. The SMILES string of the molecule is CCCN(CC(=O)Nc1ccccc1C)C(=O)CCc1c(C)noc1C. The maximum Gasteiger partial charge on any atom is 0.244 e. The van der Waals surface area contributed by atoms with Crippen LogP contribution in [0.1, 0.15) is 42.3 Å². The number of nitrogens with zero attached hydrogens (tertiary/aromatic N) is 2. The Morgan fingerprint density at radius 1 is 1.19 bits per heavy atom. The number of carbonyl (C=O) groups excluding carboxylic acids is 2. The molecule has 0 spiro atoms. The monoisotopic (exact) mass is 357 g/mol. The molecule has 26 heavy (non-hydrogen) atoms. The van der Waals surface area contributed by atoms with Gasteiger partial charge in [0, 0.05) is 24.2 Å². The van der Waals surface area contributed by atoms with Crippen molar-refractivity contribution < 1.29 is 14.1 Å². The van der Waals surface area contributed by atoms with Crippen molar-refractivity contribution in [3.63, 3.8) is 0 Å². The lowest BCUT2D eigenvalue weighted by molar-refractivity contribution is -0.134. The second-order valence-electron chi connectivity index (χ2n) is 6.48. The van der Waals surface area contributed by atoms with E-state index in [1.807, 2.05) is 52.0 Å². The highest BCUT2D eigenvalue weighted by Gasteiger charge is 2.18. The topological polar surface area (TPSA) is 75.4 Å². The molecule has 6 nitrogen and oxygen atoms in total. The Bertz CT molecular complexity index is 748. The summed E-state index contributed by atoms with van der Waals surface area (Å²) in [6.07, 6.45) is 1.70. The van der Waals surface area contributed by atoms with Crippen LogP contribution in [-0.2, 0) is 16.0 Å². The molecule has 0 aliphatic heterocycles. The molecule has 1 aromatic heterocycles. The number of benzene rings is 1. The molecule has 2 rings (SSSR count). The maximum absolute atomic E-state index is 12.6. The van der Waals surface area contributed by atoms with Crippen molar-refractivity contribution in [2.75, 3.05) is 18.4 Å². The number of hydrogen-bond acceptors (Lipinski definition) is 4. The standard InChI is InChI=1S/C20H27N3O3/c1-5-12-23(13-19(24)21-18-9-7-6-8-14(18)2)20(25)11-10-17-15(3)22-26-16(17)4/h6-9H,5,10-13H2,1-4H3,(H,21,24). The van der Waals surface area contributed by atoms with Gasteiger partial charge in [0.05, 0.1) is 12.2 Å². The second kappa shape index (κ2) is 9.17. The van der Waals surface area contributed by atoms with Crippen LogP contribution in [0.15, 0.2) is 28.8 Å². The Morgan fingerprint density at radius 3 is 2.54 bits per heavy atom. The van der Waals surface area contributed by atoms with E-state index in [9.17, 15) is 9.59 Å². The molecule has 0 radical (unpaired) electrons. The Labute approximate surface area is 154 Å². The van der Waals surface area contributed by atoms with E-state index in [0.717, 1.165) is 34.7 Å². The minimum atomic E-state index is -0.182. The van der Waals surface area contributed by atoms with E-state index in [4.69, 9.17) is 4.52 Å². The Balaban J connectivity index is 1.95. The highest BCUT2D eigenvalue weighted by molar-refractivity contribution is 5.95. The van der Waals surface area contributed by atoms with E-state index >= 15 is 0 Å². The second-order valence-corrected chi connectivity index (χ2v) is 6.48. The van der Waals surface area contributed by atoms with Gasteiger partial charge in [-0.2, -0.15) is 0 Å². The van der Waals surface area contributed by atoms with Gasteiger partial charge >= 0.3 is 0 Å². The fraction of sp³-hybridized carbons (Fsp3) is 0.450. The fourth-order valence-corrected chi connectivity index (χ4v) is 2.89. The lowest BCUT2D eigenvalue weighted by atomic mass is 10.1. The van der Waals surface area contributed by atoms with Crippen molar-refractivity contribution in [3.05, 3.63) is 46.8 Å². The number of anilines is 1. The number of amides is 2. The number of rotatable bonds is 8. The average molecular weight is 357 g/mol. The third-order valence-electron chi connectivity index (χ3n) is 4.37. The smallest absolute Gasteiger partial charge is 0.244 e. The lowest BCUT2D eigenvalue weighted by Crippen LogP contribution is -2.38. The molecule has 1 aromatic carbocycles. The number of carbonyl (C=O) groups is 2. The van der Waals surface area contributed by atoms with Gasteiger partial charge in [0.15, 0.2) is 0 Å². The average Bonchev–Trinajstić information content (AvgIpc) is 2.92. The van der Waals surface area contributed by atoms with E-state index in [1.54, 1.807) is 4.90 Å². The van der Waals surface area contributed by atoms with Gasteiger partial charge in [0.25, 0.3) is 0 Å². The molecule has 0 bridgehead atoms. The van der Waals surface area contributed by atoms with Crippen molar-refractivity contribution in [3.8, 4) is 0 Å². The molecule has 0 atom stereocenters. The molecular weight excluding hydrogens is 330 g/mol. The van der Waals surface area contributed by atoms with Crippen LogP contribution in [0.5, 0.6) is 0 Å². The molecule has 2 aromatic rings. The van der Waals surface area contributed by atoms with E-state index < -0.39 is 0 Å². The number of aryl methyl sites for hydroxylation is 3. The summed E-state index contributed by atoms with van der Waals surface area (Å²) in [5, 5.41) is 6.80. The van der Waals surface area contributed by atoms with E-state index in [1.165, 1.54) is 0 Å². The summed E-state index contributed by atoms with van der Waals surface area (Å²) in [5.74, 6) is 0.528. The fourth-order valence-electron chi connectivity index (χ4n) is 2.89. The summed E-state index contributed by atoms with van der Waals surface area (Å²) in [6.45, 7) is 8.27. The molecular formula is C20H27N3O3. The van der Waals surface area contributed by atoms with Gasteiger partial charge in [-0.1, -0.05) is 30.3 Å². The van der Waals surface area contributed by atoms with Gasteiger partial charge < -0.3 is 14.7 Å². The number of para-hydroxylation sites is 1. The van der Waals surface area contributed by atoms with Crippen LogP contribution in [-0.4, -0.2) is 35.0 Å². The summed E-state index contributed by atoms with van der Waals surface area (Å²) in [5.41, 5.74) is 3.55. The molecule has 0 saturated heterocycles. The number of hydrogen-bond donors (Lipinski definition) is 1. The van der Waals surface area contributed by atoms with Crippen molar-refractivity contribution >= 4 is 17.5 Å². The minimum absolute atomic E-state index is 0.0354. The summed E-state index contributed by atoms with van der Waals surface area (Å²) < 4.78 is 5.14. The van der Waals surface area contributed by atoms with Gasteiger partial charge in [-0.3, -0.25) is 9.59 Å². The minimum Gasteiger partial charge on any atom is -0.361 e. The normalized spacial score (nSPS) is 10.6. The molecule has 0 fully saturated rings. The molecule has 0 aliphatic carbocycles. The van der Waals surface area contributed by atoms with Crippen LogP contribution in [0.25, 0.3) is 0 Å². The predicted molar refractivity (Wildman–Crippen MR) is 101 cm³/mol. The zero-order chi connectivity index (χ0) is 19.1. The van der Waals surface area contributed by atoms with Crippen LogP contribution >= 0.6 is 0 Å². The van der Waals surface area contributed by atoms with Crippen molar-refractivity contribution in [2.24, 2.45) is 0 Å².